The lowest BCUT2D eigenvalue weighted by Crippen LogP contribution is -3.14. The maximum Gasteiger partial charge on any atom is 0.101 e. The fourth-order valence-electron chi connectivity index (χ4n) is 1.78. The van der Waals surface area contributed by atoms with Gasteiger partial charge >= 0.3 is 0 Å². The third-order valence-electron chi connectivity index (χ3n) is 2.33. The lowest BCUT2D eigenvalue weighted by Gasteiger charge is -2.26. The molecule has 2 unspecified atom stereocenters. The molecule has 2 heteroatoms. The lowest BCUT2D eigenvalue weighted by molar-refractivity contribution is -0.908. The van der Waals surface area contributed by atoms with Gasteiger partial charge in [-0.2, -0.15) is 0 Å². The highest BCUT2D eigenvalue weighted by Gasteiger charge is 2.18. The molecule has 2 atom stereocenters. The maximum atomic E-state index is 8.68. The van der Waals surface area contributed by atoms with Crippen LogP contribution >= 0.6 is 0 Å². The minimum atomic E-state index is 0.349. The Hall–Kier alpha value is -0.0800. The number of nitrogens with one attached hydrogen (secondary N) is 1. The molecule has 0 saturated carbocycles. The largest absolute Gasteiger partial charge is 0.391 e. The number of rotatable bonds is 2. The number of aliphatic hydroxyl groups excluding tert-OH is 1. The summed E-state index contributed by atoms with van der Waals surface area (Å²) in [7, 11) is 0. The van der Waals surface area contributed by atoms with Crippen molar-refractivity contribution in [1.82, 2.24) is 0 Å². The zero-order chi connectivity index (χ0) is 7.40. The van der Waals surface area contributed by atoms with Gasteiger partial charge in [0.25, 0.3) is 0 Å². The molecule has 1 saturated heterocycles. The molecule has 0 aliphatic carbocycles. The van der Waals surface area contributed by atoms with Crippen LogP contribution in [-0.2, 0) is 0 Å². The smallest absolute Gasteiger partial charge is 0.101 e. The molecule has 1 heterocycles. The summed E-state index contributed by atoms with van der Waals surface area (Å²) in [5.74, 6) is 0.871. The predicted molar refractivity (Wildman–Crippen MR) is 41.0 cm³/mol. The normalized spacial score (nSPS) is 34.2. The Morgan fingerprint density at radius 1 is 1.60 bits per heavy atom. The summed E-state index contributed by atoms with van der Waals surface area (Å²) < 4.78 is 0. The van der Waals surface area contributed by atoms with Gasteiger partial charge in [-0.1, -0.05) is 6.92 Å². The van der Waals surface area contributed by atoms with Gasteiger partial charge in [-0.3, -0.25) is 0 Å². The molecule has 0 aromatic carbocycles. The molecule has 0 bridgehead atoms. The average molecular weight is 144 g/mol. The highest BCUT2D eigenvalue weighted by molar-refractivity contribution is 4.54. The molecule has 0 aromatic heterocycles. The molecule has 10 heavy (non-hydrogen) atoms. The van der Waals surface area contributed by atoms with E-state index in [1.807, 2.05) is 0 Å². The van der Waals surface area contributed by atoms with Crippen molar-refractivity contribution in [3.05, 3.63) is 0 Å². The first-order valence-corrected chi connectivity index (χ1v) is 4.27. The van der Waals surface area contributed by atoms with Gasteiger partial charge in [0.05, 0.1) is 19.7 Å². The van der Waals surface area contributed by atoms with Crippen molar-refractivity contribution in [2.24, 2.45) is 5.92 Å². The van der Waals surface area contributed by atoms with Gasteiger partial charge in [0, 0.05) is 5.92 Å². The summed E-state index contributed by atoms with van der Waals surface area (Å²) in [5.41, 5.74) is 0. The highest BCUT2D eigenvalue weighted by Crippen LogP contribution is 2.04. The monoisotopic (exact) mass is 144 g/mol. The maximum absolute atomic E-state index is 8.68. The van der Waals surface area contributed by atoms with Crippen molar-refractivity contribution >= 4 is 0 Å². The second kappa shape index (κ2) is 3.94. The molecule has 1 aliphatic heterocycles. The third kappa shape index (κ3) is 2.27. The fourth-order valence-corrected chi connectivity index (χ4v) is 1.78. The van der Waals surface area contributed by atoms with Crippen LogP contribution in [-0.4, -0.2) is 31.3 Å². The zero-order valence-corrected chi connectivity index (χ0v) is 6.77. The number of quaternary nitrogens is 1. The van der Waals surface area contributed by atoms with Gasteiger partial charge in [0.2, 0.25) is 0 Å². The fraction of sp³-hybridized carbons (Fsp3) is 1.00. The number of piperidine rings is 1. The van der Waals surface area contributed by atoms with E-state index in [-0.39, 0.29) is 0 Å². The van der Waals surface area contributed by atoms with E-state index in [0.717, 1.165) is 12.5 Å². The number of likely N-dealkylation sites (tertiary alicyclic amines) is 1. The number of hydrogen-bond donors (Lipinski definition) is 2. The van der Waals surface area contributed by atoms with Crippen LogP contribution in [0.5, 0.6) is 0 Å². The average Bonchev–Trinajstić information content (AvgIpc) is 1.88. The molecule has 0 aromatic rings. The van der Waals surface area contributed by atoms with E-state index in [1.54, 1.807) is 4.90 Å². The van der Waals surface area contributed by atoms with E-state index < -0.39 is 0 Å². The van der Waals surface area contributed by atoms with Gasteiger partial charge in [-0.05, 0) is 12.8 Å². The quantitative estimate of drug-likeness (QED) is 0.526. The standard InChI is InChI=1S/C8H17NO/c1-8-3-2-4-9(7-8)5-6-10/h8,10H,2-7H2,1H3/p+1. The Bertz CT molecular complexity index is 93.3. The first-order valence-electron chi connectivity index (χ1n) is 4.27. The Kier molecular flexibility index (Phi) is 3.16. The molecule has 0 radical (unpaired) electrons. The second-order valence-corrected chi connectivity index (χ2v) is 3.43. The minimum absolute atomic E-state index is 0.349. The van der Waals surface area contributed by atoms with Gasteiger partial charge in [0.15, 0.2) is 0 Å². The summed E-state index contributed by atoms with van der Waals surface area (Å²) in [6.45, 7) is 6.13. The van der Waals surface area contributed by atoms with Crippen molar-refractivity contribution in [2.75, 3.05) is 26.2 Å². The van der Waals surface area contributed by atoms with Crippen molar-refractivity contribution in [1.29, 1.82) is 0 Å². The molecule has 0 amide bonds. The molecular weight excluding hydrogens is 126 g/mol. The van der Waals surface area contributed by atoms with E-state index in [0.29, 0.717) is 6.61 Å². The van der Waals surface area contributed by atoms with Crippen LogP contribution in [0.25, 0.3) is 0 Å². The summed E-state index contributed by atoms with van der Waals surface area (Å²) in [4.78, 5) is 1.58. The first kappa shape index (κ1) is 8.02. The summed E-state index contributed by atoms with van der Waals surface area (Å²) in [6.07, 6.45) is 2.73. The van der Waals surface area contributed by atoms with Crippen LogP contribution < -0.4 is 4.90 Å². The predicted octanol–water partition coefficient (Wildman–Crippen LogP) is -0.706. The van der Waals surface area contributed by atoms with Crippen LogP contribution in [0, 0.1) is 5.92 Å². The Morgan fingerprint density at radius 3 is 3.00 bits per heavy atom. The molecule has 2 nitrogen and oxygen atoms in total. The van der Waals surface area contributed by atoms with Crippen LogP contribution in [0.3, 0.4) is 0 Å². The minimum Gasteiger partial charge on any atom is -0.391 e. The SMILES string of the molecule is CC1CCC[NH+](CCO)C1. The molecule has 60 valence electrons. The second-order valence-electron chi connectivity index (χ2n) is 3.43. The lowest BCUT2D eigenvalue weighted by atomic mass is 10.0. The Morgan fingerprint density at radius 2 is 2.40 bits per heavy atom. The summed E-state index contributed by atoms with van der Waals surface area (Å²) >= 11 is 0. The van der Waals surface area contributed by atoms with E-state index in [2.05, 4.69) is 6.92 Å². The van der Waals surface area contributed by atoms with Crippen LogP contribution in [0.4, 0.5) is 0 Å². The van der Waals surface area contributed by atoms with Crippen molar-refractivity contribution in [3.63, 3.8) is 0 Å². The van der Waals surface area contributed by atoms with Gasteiger partial charge in [-0.15, -0.1) is 0 Å². The van der Waals surface area contributed by atoms with Crippen molar-refractivity contribution in [3.8, 4) is 0 Å². The third-order valence-corrected chi connectivity index (χ3v) is 2.33. The number of hydrogen-bond acceptors (Lipinski definition) is 1. The summed E-state index contributed by atoms with van der Waals surface area (Å²) in [5, 5.41) is 8.68. The van der Waals surface area contributed by atoms with E-state index in [4.69, 9.17) is 5.11 Å². The highest BCUT2D eigenvalue weighted by atomic mass is 16.3. The molecular formula is C8H18NO+. The van der Waals surface area contributed by atoms with E-state index >= 15 is 0 Å². The molecule has 1 rings (SSSR count). The summed E-state index contributed by atoms with van der Waals surface area (Å²) in [6, 6.07) is 0. The zero-order valence-electron chi connectivity index (χ0n) is 6.77. The van der Waals surface area contributed by atoms with E-state index in [1.165, 1.54) is 25.9 Å². The van der Waals surface area contributed by atoms with Crippen LogP contribution in [0.15, 0.2) is 0 Å². The topological polar surface area (TPSA) is 24.7 Å². The molecule has 0 spiro atoms. The Labute approximate surface area is 62.8 Å². The first-order chi connectivity index (χ1) is 4.83. The van der Waals surface area contributed by atoms with Crippen molar-refractivity contribution in [2.45, 2.75) is 19.8 Å². The van der Waals surface area contributed by atoms with Crippen molar-refractivity contribution < 1.29 is 10.0 Å². The number of aliphatic hydroxyl groups is 1. The van der Waals surface area contributed by atoms with Crippen LogP contribution in [0.2, 0.25) is 0 Å². The van der Waals surface area contributed by atoms with E-state index in [9.17, 15) is 0 Å². The van der Waals surface area contributed by atoms with Gasteiger partial charge in [0.1, 0.15) is 6.54 Å². The molecule has 2 N–H and O–H groups in total. The van der Waals surface area contributed by atoms with Gasteiger partial charge < -0.3 is 10.0 Å². The molecule has 1 fully saturated rings. The Balaban J connectivity index is 2.18. The molecule has 1 aliphatic rings. The van der Waals surface area contributed by atoms with Gasteiger partial charge in [-0.25, -0.2) is 0 Å². The van der Waals surface area contributed by atoms with Crippen LogP contribution in [0.1, 0.15) is 19.8 Å².